The van der Waals surface area contributed by atoms with E-state index in [1.54, 1.807) is 6.26 Å². The maximum Gasteiger partial charge on any atom is 0.109 e. The average Bonchev–Trinajstić information content (AvgIpc) is 2.55. The van der Waals surface area contributed by atoms with Gasteiger partial charge in [0, 0.05) is 6.54 Å². The van der Waals surface area contributed by atoms with Gasteiger partial charge in [0.05, 0.1) is 6.10 Å². The predicted octanol–water partition coefficient (Wildman–Crippen LogP) is 5.46. The zero-order valence-corrected chi connectivity index (χ0v) is 19.2. The molecule has 0 aliphatic heterocycles. The summed E-state index contributed by atoms with van der Waals surface area (Å²) in [6, 6.07) is 0. The maximum atomic E-state index is 9.92. The van der Waals surface area contributed by atoms with Gasteiger partial charge in [-0.15, -0.1) is 0 Å². The predicted molar refractivity (Wildman–Crippen MR) is 115 cm³/mol. The molecule has 0 amide bonds. The van der Waals surface area contributed by atoms with Crippen LogP contribution >= 0.6 is 12.6 Å². The normalized spacial score (nSPS) is 13.6. The van der Waals surface area contributed by atoms with Crippen LogP contribution in [0.1, 0.15) is 87.5 Å². The highest BCUT2D eigenvalue weighted by molar-refractivity contribution is 7.79. The van der Waals surface area contributed by atoms with E-state index in [0.29, 0.717) is 5.92 Å². The van der Waals surface area contributed by atoms with Crippen LogP contribution in [-0.2, 0) is 0 Å². The molecule has 0 spiro atoms. The van der Waals surface area contributed by atoms with Gasteiger partial charge in [-0.2, -0.15) is 12.6 Å². The second-order valence-electron chi connectivity index (χ2n) is 6.71. The molecule has 0 saturated carbocycles. The van der Waals surface area contributed by atoms with Gasteiger partial charge in [-0.1, -0.05) is 61.3 Å². The van der Waals surface area contributed by atoms with Crippen molar-refractivity contribution in [1.29, 1.82) is 0 Å². The van der Waals surface area contributed by atoms with E-state index in [1.807, 2.05) is 32.7 Å². The van der Waals surface area contributed by atoms with Crippen molar-refractivity contribution in [3.05, 3.63) is 0 Å². The van der Waals surface area contributed by atoms with Crippen LogP contribution in [0.2, 0.25) is 0 Å². The van der Waals surface area contributed by atoms with Gasteiger partial charge in [0.25, 0.3) is 0 Å². The average molecular weight is 368 g/mol. The third kappa shape index (κ3) is 30.1. The van der Waals surface area contributed by atoms with Crippen molar-refractivity contribution < 1.29 is 10.2 Å². The standard InChI is InChI=1S/C13H29NO2.C4H10.C2H6.CH4S/c1-5-11(2)13(16)14(4)10-8-6-7-9-12(3)15;1-4(2)3;2*1-2/h11-13,15-16H,5-10H2,1-4H3;4H,1-3H3;1-2H3;2H,1H3. The SMILES string of the molecule is CC.CC(C)C.CCC(C)C(O)N(C)CCCCCC(C)O.CS. The summed E-state index contributed by atoms with van der Waals surface area (Å²) in [7, 11) is 1.98. The van der Waals surface area contributed by atoms with Gasteiger partial charge in [-0.25, -0.2) is 0 Å². The fraction of sp³-hybridized carbons (Fsp3) is 1.00. The van der Waals surface area contributed by atoms with Gasteiger partial charge in [0.15, 0.2) is 0 Å². The van der Waals surface area contributed by atoms with Crippen molar-refractivity contribution in [3.63, 3.8) is 0 Å². The monoisotopic (exact) mass is 367 g/mol. The molecule has 0 aliphatic carbocycles. The van der Waals surface area contributed by atoms with E-state index in [2.05, 4.69) is 47.2 Å². The quantitative estimate of drug-likeness (QED) is 0.288. The number of thiol groups is 1. The largest absolute Gasteiger partial charge is 0.393 e. The molecule has 3 unspecified atom stereocenters. The van der Waals surface area contributed by atoms with Crippen LogP contribution in [0.4, 0.5) is 0 Å². The van der Waals surface area contributed by atoms with Crippen LogP contribution in [0, 0.1) is 11.8 Å². The summed E-state index contributed by atoms with van der Waals surface area (Å²) in [4.78, 5) is 2.02. The van der Waals surface area contributed by atoms with E-state index in [0.717, 1.165) is 44.6 Å². The Labute approximate surface area is 159 Å². The van der Waals surface area contributed by atoms with E-state index in [1.165, 1.54) is 0 Å². The molecule has 24 heavy (non-hydrogen) atoms. The van der Waals surface area contributed by atoms with Gasteiger partial charge < -0.3 is 10.2 Å². The van der Waals surface area contributed by atoms with Crippen LogP contribution in [0.5, 0.6) is 0 Å². The second-order valence-corrected chi connectivity index (χ2v) is 6.71. The van der Waals surface area contributed by atoms with Gasteiger partial charge in [-0.3, -0.25) is 4.90 Å². The molecule has 2 N–H and O–H groups in total. The van der Waals surface area contributed by atoms with Crippen LogP contribution in [0.15, 0.2) is 0 Å². The molecule has 0 bridgehead atoms. The number of hydrogen-bond acceptors (Lipinski definition) is 4. The van der Waals surface area contributed by atoms with Crippen molar-refractivity contribution >= 4 is 12.6 Å². The van der Waals surface area contributed by atoms with Gasteiger partial charge >= 0.3 is 0 Å². The van der Waals surface area contributed by atoms with Crippen molar-refractivity contribution in [1.82, 2.24) is 4.90 Å². The fourth-order valence-corrected chi connectivity index (χ4v) is 1.76. The summed E-state index contributed by atoms with van der Waals surface area (Å²) in [5.41, 5.74) is 0. The molecule has 0 radical (unpaired) electrons. The lowest BCUT2D eigenvalue weighted by atomic mass is 10.1. The number of hydrogen-bond donors (Lipinski definition) is 3. The number of rotatable bonds is 9. The number of unbranched alkanes of at least 4 members (excludes halogenated alkanes) is 2. The lowest BCUT2D eigenvalue weighted by molar-refractivity contribution is -0.0210. The summed E-state index contributed by atoms with van der Waals surface area (Å²) in [6.07, 6.45) is 6.39. The molecule has 152 valence electrons. The molecular formula is C20H49NO2S. The number of nitrogens with zero attached hydrogens (tertiary/aromatic N) is 1. The minimum absolute atomic E-state index is 0.177. The number of aliphatic hydroxyl groups is 2. The van der Waals surface area contributed by atoms with Crippen molar-refractivity contribution in [2.24, 2.45) is 11.8 Å². The summed E-state index contributed by atoms with van der Waals surface area (Å²) in [5, 5.41) is 19.0. The van der Waals surface area contributed by atoms with Crippen molar-refractivity contribution in [2.75, 3.05) is 19.8 Å². The lowest BCUT2D eigenvalue weighted by Gasteiger charge is -2.27. The van der Waals surface area contributed by atoms with E-state index >= 15 is 0 Å². The van der Waals surface area contributed by atoms with E-state index in [-0.39, 0.29) is 12.3 Å². The van der Waals surface area contributed by atoms with Gasteiger partial charge in [-0.05, 0) is 51.3 Å². The highest BCUT2D eigenvalue weighted by Gasteiger charge is 2.16. The zero-order chi connectivity index (χ0) is 20.1. The first-order valence-corrected chi connectivity index (χ1v) is 10.6. The molecule has 0 aromatic carbocycles. The topological polar surface area (TPSA) is 43.7 Å². The van der Waals surface area contributed by atoms with Crippen molar-refractivity contribution in [2.45, 2.75) is 99.8 Å². The van der Waals surface area contributed by atoms with E-state index in [4.69, 9.17) is 5.11 Å². The minimum Gasteiger partial charge on any atom is -0.393 e. The van der Waals surface area contributed by atoms with E-state index in [9.17, 15) is 5.11 Å². The van der Waals surface area contributed by atoms with Crippen molar-refractivity contribution in [3.8, 4) is 0 Å². The Morgan fingerprint density at radius 3 is 1.62 bits per heavy atom. The Morgan fingerprint density at radius 2 is 1.29 bits per heavy atom. The Bertz CT molecular complexity index is 199. The second kappa shape index (κ2) is 25.5. The lowest BCUT2D eigenvalue weighted by Crippen LogP contribution is -2.37. The summed E-state index contributed by atoms with van der Waals surface area (Å²) in [6.45, 7) is 17.4. The summed E-state index contributed by atoms with van der Waals surface area (Å²) in [5.74, 6) is 1.17. The molecule has 0 aromatic heterocycles. The Balaban J connectivity index is -0.000000212. The third-order valence-corrected chi connectivity index (χ3v) is 3.24. The molecule has 0 rings (SSSR count). The molecule has 0 aliphatic rings. The molecule has 0 aromatic rings. The summed E-state index contributed by atoms with van der Waals surface area (Å²) >= 11 is 3.53. The first-order valence-electron chi connectivity index (χ1n) is 9.73. The molecular weight excluding hydrogens is 318 g/mol. The highest BCUT2D eigenvalue weighted by atomic mass is 32.1. The Morgan fingerprint density at radius 1 is 0.875 bits per heavy atom. The molecule has 4 heteroatoms. The van der Waals surface area contributed by atoms with Crippen LogP contribution < -0.4 is 0 Å². The Kier molecular flexibility index (Phi) is 33.9. The van der Waals surface area contributed by atoms with Gasteiger partial charge in [0.2, 0.25) is 0 Å². The summed E-state index contributed by atoms with van der Waals surface area (Å²) < 4.78 is 0. The van der Waals surface area contributed by atoms with Crippen LogP contribution in [0.25, 0.3) is 0 Å². The molecule has 0 fully saturated rings. The fourth-order valence-electron chi connectivity index (χ4n) is 1.76. The molecule has 3 nitrogen and oxygen atoms in total. The minimum atomic E-state index is -0.318. The first-order chi connectivity index (χ1) is 11.2. The molecule has 0 saturated heterocycles. The van der Waals surface area contributed by atoms with E-state index < -0.39 is 0 Å². The molecule has 3 atom stereocenters. The first kappa shape index (κ1) is 31.9. The Hall–Kier alpha value is 0.230. The highest BCUT2D eigenvalue weighted by Crippen LogP contribution is 2.12. The number of aliphatic hydroxyl groups excluding tert-OH is 2. The maximum absolute atomic E-state index is 9.92. The van der Waals surface area contributed by atoms with Crippen LogP contribution in [-0.4, -0.2) is 47.3 Å². The smallest absolute Gasteiger partial charge is 0.109 e. The molecule has 0 heterocycles. The zero-order valence-electron chi connectivity index (χ0n) is 18.3. The van der Waals surface area contributed by atoms with Gasteiger partial charge in [0.1, 0.15) is 6.23 Å². The van der Waals surface area contributed by atoms with Crippen LogP contribution in [0.3, 0.4) is 0 Å². The third-order valence-electron chi connectivity index (χ3n) is 3.24.